The number of amides is 1. The number of hydrogen-bond acceptors (Lipinski definition) is 2. The van der Waals surface area contributed by atoms with E-state index in [2.05, 4.69) is 26.2 Å². The van der Waals surface area contributed by atoms with Crippen molar-refractivity contribution in [1.29, 1.82) is 0 Å². The Morgan fingerprint density at radius 1 is 1.61 bits per heavy atom. The standard InChI is InChI=1S/C12H13BrF2N2O/c1-7-4-9(13)6-16-10(7)17-11(18)8-2-3-12(14,15)5-8/h4,6,8H,2-3,5H2,1H3,(H,16,17,18). The number of halogens is 3. The quantitative estimate of drug-likeness (QED) is 0.906. The number of carbonyl (C=O) groups is 1. The first-order valence-corrected chi connectivity index (χ1v) is 6.47. The Kier molecular flexibility index (Phi) is 3.66. The second kappa shape index (κ2) is 4.91. The molecule has 18 heavy (non-hydrogen) atoms. The van der Waals surface area contributed by atoms with Crippen molar-refractivity contribution in [2.45, 2.75) is 32.1 Å². The first-order valence-electron chi connectivity index (χ1n) is 5.68. The van der Waals surface area contributed by atoms with E-state index in [1.54, 1.807) is 13.1 Å². The number of alkyl halides is 2. The first-order chi connectivity index (χ1) is 8.37. The maximum atomic E-state index is 13.0. The van der Waals surface area contributed by atoms with Gasteiger partial charge in [-0.3, -0.25) is 4.79 Å². The molecule has 1 aromatic rings. The van der Waals surface area contributed by atoms with Crippen molar-refractivity contribution in [2.75, 3.05) is 5.32 Å². The van der Waals surface area contributed by atoms with Crippen LogP contribution in [0.2, 0.25) is 0 Å². The molecule has 0 aliphatic heterocycles. The fourth-order valence-electron chi connectivity index (χ4n) is 2.06. The molecule has 2 rings (SSSR count). The van der Waals surface area contributed by atoms with E-state index >= 15 is 0 Å². The largest absolute Gasteiger partial charge is 0.310 e. The number of aryl methyl sites for hydroxylation is 1. The summed E-state index contributed by atoms with van der Waals surface area (Å²) in [6.07, 6.45) is 1.21. The molecule has 6 heteroatoms. The maximum Gasteiger partial charge on any atom is 0.248 e. The normalized spacial score (nSPS) is 21.9. The van der Waals surface area contributed by atoms with E-state index in [4.69, 9.17) is 0 Å². The zero-order chi connectivity index (χ0) is 13.3. The summed E-state index contributed by atoms with van der Waals surface area (Å²) in [4.78, 5) is 15.9. The highest BCUT2D eigenvalue weighted by atomic mass is 79.9. The van der Waals surface area contributed by atoms with Crippen LogP contribution >= 0.6 is 15.9 Å². The molecule has 1 N–H and O–H groups in total. The predicted octanol–water partition coefficient (Wildman–Crippen LogP) is 3.53. The van der Waals surface area contributed by atoms with E-state index in [1.807, 2.05) is 6.07 Å². The smallest absolute Gasteiger partial charge is 0.248 e. The number of nitrogens with one attached hydrogen (secondary N) is 1. The van der Waals surface area contributed by atoms with Gasteiger partial charge in [0.15, 0.2) is 0 Å². The number of nitrogens with zero attached hydrogens (tertiary/aromatic N) is 1. The van der Waals surface area contributed by atoms with E-state index < -0.39 is 11.8 Å². The molecule has 0 bridgehead atoms. The molecule has 1 fully saturated rings. The lowest BCUT2D eigenvalue weighted by Gasteiger charge is -2.12. The summed E-state index contributed by atoms with van der Waals surface area (Å²) < 4.78 is 26.9. The van der Waals surface area contributed by atoms with Gasteiger partial charge in [-0.25, -0.2) is 13.8 Å². The molecule has 0 saturated heterocycles. The molecule has 1 aliphatic rings. The van der Waals surface area contributed by atoms with Crippen LogP contribution in [0, 0.1) is 12.8 Å². The van der Waals surface area contributed by atoms with Crippen LogP contribution in [0.25, 0.3) is 0 Å². The van der Waals surface area contributed by atoms with E-state index in [-0.39, 0.29) is 25.2 Å². The molecule has 3 nitrogen and oxygen atoms in total. The average Bonchev–Trinajstić information content (AvgIpc) is 2.63. The molecule has 1 heterocycles. The van der Waals surface area contributed by atoms with Gasteiger partial charge in [0, 0.05) is 29.4 Å². The van der Waals surface area contributed by atoms with Crippen molar-refractivity contribution in [1.82, 2.24) is 4.98 Å². The van der Waals surface area contributed by atoms with Crippen LogP contribution in [0.1, 0.15) is 24.8 Å². The van der Waals surface area contributed by atoms with Gasteiger partial charge in [-0.15, -0.1) is 0 Å². The highest BCUT2D eigenvalue weighted by Gasteiger charge is 2.42. The molecule has 0 radical (unpaired) electrons. The fourth-order valence-corrected chi connectivity index (χ4v) is 2.51. The van der Waals surface area contributed by atoms with Crippen molar-refractivity contribution in [3.05, 3.63) is 22.3 Å². The summed E-state index contributed by atoms with van der Waals surface area (Å²) in [6.45, 7) is 1.80. The molecule has 1 aliphatic carbocycles. The third kappa shape index (κ3) is 3.04. The van der Waals surface area contributed by atoms with Gasteiger partial charge in [-0.1, -0.05) is 0 Å². The van der Waals surface area contributed by atoms with Crippen LogP contribution in [-0.4, -0.2) is 16.8 Å². The Labute approximate surface area is 112 Å². The van der Waals surface area contributed by atoms with Crippen molar-refractivity contribution < 1.29 is 13.6 Å². The first kappa shape index (κ1) is 13.4. The summed E-state index contributed by atoms with van der Waals surface area (Å²) >= 11 is 3.27. The van der Waals surface area contributed by atoms with E-state index in [0.717, 1.165) is 10.0 Å². The summed E-state index contributed by atoms with van der Waals surface area (Å²) in [5.74, 6) is -3.27. The lowest BCUT2D eigenvalue weighted by molar-refractivity contribution is -0.120. The molecule has 0 spiro atoms. The van der Waals surface area contributed by atoms with Crippen LogP contribution in [0.3, 0.4) is 0 Å². The minimum absolute atomic E-state index is 0.210. The number of carbonyl (C=O) groups excluding carboxylic acids is 1. The van der Waals surface area contributed by atoms with Crippen LogP contribution in [0.4, 0.5) is 14.6 Å². The lowest BCUT2D eigenvalue weighted by Crippen LogP contribution is -2.23. The van der Waals surface area contributed by atoms with E-state index in [9.17, 15) is 13.6 Å². The number of anilines is 1. The Morgan fingerprint density at radius 2 is 2.33 bits per heavy atom. The number of aromatic nitrogens is 1. The monoisotopic (exact) mass is 318 g/mol. The van der Waals surface area contributed by atoms with Crippen molar-refractivity contribution in [2.24, 2.45) is 5.92 Å². The van der Waals surface area contributed by atoms with Crippen LogP contribution in [0.15, 0.2) is 16.7 Å². The Bertz CT molecular complexity index is 479. The van der Waals surface area contributed by atoms with Gasteiger partial charge >= 0.3 is 0 Å². The minimum Gasteiger partial charge on any atom is -0.310 e. The lowest BCUT2D eigenvalue weighted by atomic mass is 10.1. The Hall–Kier alpha value is -1.04. The molecule has 0 aromatic carbocycles. The van der Waals surface area contributed by atoms with Crippen molar-refractivity contribution >= 4 is 27.7 Å². The van der Waals surface area contributed by atoms with Gasteiger partial charge in [0.05, 0.1) is 0 Å². The second-order valence-electron chi connectivity index (χ2n) is 4.60. The Balaban J connectivity index is 2.04. The third-order valence-corrected chi connectivity index (χ3v) is 3.49. The van der Waals surface area contributed by atoms with Gasteiger partial charge < -0.3 is 5.32 Å². The summed E-state index contributed by atoms with van der Waals surface area (Å²) in [7, 11) is 0. The second-order valence-corrected chi connectivity index (χ2v) is 5.52. The zero-order valence-electron chi connectivity index (χ0n) is 9.84. The Morgan fingerprint density at radius 3 is 2.89 bits per heavy atom. The van der Waals surface area contributed by atoms with Gasteiger partial charge in [0.1, 0.15) is 5.82 Å². The van der Waals surface area contributed by atoms with Gasteiger partial charge in [-0.2, -0.15) is 0 Å². The topological polar surface area (TPSA) is 42.0 Å². The SMILES string of the molecule is Cc1cc(Br)cnc1NC(=O)C1CCC(F)(F)C1. The number of hydrogen-bond donors (Lipinski definition) is 1. The van der Waals surface area contributed by atoms with E-state index in [1.165, 1.54) is 0 Å². The van der Waals surface area contributed by atoms with Crippen LogP contribution in [0.5, 0.6) is 0 Å². The average molecular weight is 319 g/mol. The zero-order valence-corrected chi connectivity index (χ0v) is 11.4. The summed E-state index contributed by atoms with van der Waals surface area (Å²) in [5.41, 5.74) is 0.794. The minimum atomic E-state index is -2.70. The van der Waals surface area contributed by atoms with Gasteiger partial charge in [-0.05, 0) is 40.9 Å². The van der Waals surface area contributed by atoms with Crippen LogP contribution < -0.4 is 5.32 Å². The molecule has 1 amide bonds. The molecule has 98 valence electrons. The molecular formula is C12H13BrF2N2O. The van der Waals surface area contributed by atoms with E-state index in [0.29, 0.717) is 5.82 Å². The van der Waals surface area contributed by atoms with Crippen molar-refractivity contribution in [3.63, 3.8) is 0 Å². The summed E-state index contributed by atoms with van der Waals surface area (Å²) in [5, 5.41) is 2.61. The highest BCUT2D eigenvalue weighted by Crippen LogP contribution is 2.39. The highest BCUT2D eigenvalue weighted by molar-refractivity contribution is 9.10. The molecule has 1 atom stereocenters. The maximum absolute atomic E-state index is 13.0. The van der Waals surface area contributed by atoms with Gasteiger partial charge in [0.2, 0.25) is 11.8 Å². The van der Waals surface area contributed by atoms with Crippen molar-refractivity contribution in [3.8, 4) is 0 Å². The molecule has 1 aromatic heterocycles. The molecule has 1 unspecified atom stereocenters. The number of rotatable bonds is 2. The fraction of sp³-hybridized carbons (Fsp3) is 0.500. The summed E-state index contributed by atoms with van der Waals surface area (Å²) in [6, 6.07) is 1.81. The number of pyridine rings is 1. The molecule has 1 saturated carbocycles. The van der Waals surface area contributed by atoms with Gasteiger partial charge in [0.25, 0.3) is 0 Å². The molecular weight excluding hydrogens is 306 g/mol. The third-order valence-electron chi connectivity index (χ3n) is 3.06. The van der Waals surface area contributed by atoms with Crippen LogP contribution in [-0.2, 0) is 4.79 Å². The predicted molar refractivity (Wildman–Crippen MR) is 67.6 cm³/mol.